The standard InChI is InChI=1S/C40H33BN2S/c1-6-24(2)25-22-33-37-34(23-25)43-31-15-9-7-12-28(31)29-13-11-17-35-36(29)38(43)39(44-35)41(37)30-14-8-10-16-32(30)42(33)27-20-18-26(19-21-27)40(3,4)5/h6-24H,1H2,2-5H3. The molecule has 5 aromatic carbocycles. The third-order valence-corrected chi connectivity index (χ3v) is 11.1. The molecule has 0 fully saturated rings. The van der Waals surface area contributed by atoms with E-state index in [2.05, 4.69) is 153 Å². The van der Waals surface area contributed by atoms with Crippen LogP contribution in [0.15, 0.2) is 116 Å². The smallest absolute Gasteiger partial charge is 0.264 e. The van der Waals surface area contributed by atoms with Crippen molar-refractivity contribution >= 4 is 78.0 Å². The van der Waals surface area contributed by atoms with Crippen LogP contribution in [0.1, 0.15) is 44.7 Å². The molecule has 0 aliphatic carbocycles. The molecule has 6 aromatic rings. The summed E-state index contributed by atoms with van der Waals surface area (Å²) >= 11 is 1.97. The van der Waals surface area contributed by atoms with Crippen LogP contribution in [0.5, 0.6) is 0 Å². The first-order valence-corrected chi connectivity index (χ1v) is 16.4. The molecule has 1 unspecified atom stereocenters. The Morgan fingerprint density at radius 1 is 0.750 bits per heavy atom. The van der Waals surface area contributed by atoms with Crippen molar-refractivity contribution in [2.75, 3.05) is 9.80 Å². The van der Waals surface area contributed by atoms with Crippen LogP contribution in [-0.2, 0) is 5.41 Å². The Morgan fingerprint density at radius 3 is 2.18 bits per heavy atom. The van der Waals surface area contributed by atoms with Crippen molar-refractivity contribution in [3.63, 3.8) is 0 Å². The first kappa shape index (κ1) is 25.9. The second kappa shape index (κ2) is 9.00. The second-order valence-electron chi connectivity index (χ2n) is 13.5. The molecule has 9 rings (SSSR count). The van der Waals surface area contributed by atoms with Gasteiger partial charge in [0.05, 0.1) is 11.4 Å². The van der Waals surface area contributed by atoms with E-state index in [0.717, 1.165) is 0 Å². The molecule has 0 N–H and O–H groups in total. The third kappa shape index (κ3) is 3.38. The quantitative estimate of drug-likeness (QED) is 0.151. The number of allylic oxidation sites excluding steroid dienone is 1. The van der Waals surface area contributed by atoms with Gasteiger partial charge in [0.25, 0.3) is 6.71 Å². The predicted molar refractivity (Wildman–Crippen MR) is 192 cm³/mol. The monoisotopic (exact) mass is 584 g/mol. The minimum Gasteiger partial charge on any atom is -0.311 e. The zero-order chi connectivity index (χ0) is 29.9. The SMILES string of the molecule is C=CC(C)c1cc2c3c(c1)N1c4ccccc4-c4cccc5sc(c1c45)B3c1ccccc1N2c1ccc(C(C)(C)C)cc1. The van der Waals surface area contributed by atoms with Crippen LogP contribution in [0.4, 0.5) is 34.1 Å². The van der Waals surface area contributed by atoms with Crippen LogP contribution in [-0.4, -0.2) is 6.71 Å². The summed E-state index contributed by atoms with van der Waals surface area (Å²) in [7, 11) is 0. The molecule has 1 atom stereocenters. The third-order valence-electron chi connectivity index (χ3n) is 9.93. The topological polar surface area (TPSA) is 6.48 Å². The van der Waals surface area contributed by atoms with E-state index in [1.807, 2.05) is 11.3 Å². The van der Waals surface area contributed by atoms with Crippen LogP contribution in [0.3, 0.4) is 0 Å². The van der Waals surface area contributed by atoms with Gasteiger partial charge in [0.15, 0.2) is 0 Å². The molecular formula is C40H33BN2S. The van der Waals surface area contributed by atoms with E-state index >= 15 is 0 Å². The van der Waals surface area contributed by atoms with Gasteiger partial charge < -0.3 is 9.80 Å². The highest BCUT2D eigenvalue weighted by Gasteiger charge is 2.47. The molecule has 3 aliphatic heterocycles. The first-order chi connectivity index (χ1) is 21.3. The number of fused-ring (bicyclic) bond motifs is 7. The van der Waals surface area contributed by atoms with Crippen molar-refractivity contribution in [1.82, 2.24) is 0 Å². The minimum atomic E-state index is 0.0972. The molecule has 3 aliphatic rings. The lowest BCUT2D eigenvalue weighted by atomic mass is 9.36. The Morgan fingerprint density at radius 2 is 1.43 bits per heavy atom. The van der Waals surface area contributed by atoms with Crippen molar-refractivity contribution in [1.29, 1.82) is 0 Å². The van der Waals surface area contributed by atoms with Crippen molar-refractivity contribution in [3.8, 4) is 11.1 Å². The average Bonchev–Trinajstić information content (AvgIpc) is 3.43. The summed E-state index contributed by atoms with van der Waals surface area (Å²) in [6.07, 6.45) is 2.07. The fourth-order valence-electron chi connectivity index (χ4n) is 7.65. The normalized spacial score (nSPS) is 14.7. The number of anilines is 6. The average molecular weight is 585 g/mol. The Bertz CT molecular complexity index is 2170. The highest BCUT2D eigenvalue weighted by molar-refractivity contribution is 7.33. The number of hydrogen-bond donors (Lipinski definition) is 0. The van der Waals surface area contributed by atoms with Crippen molar-refractivity contribution in [2.45, 2.75) is 39.0 Å². The zero-order valence-electron chi connectivity index (χ0n) is 25.6. The van der Waals surface area contributed by atoms with E-state index in [-0.39, 0.29) is 18.0 Å². The highest BCUT2D eigenvalue weighted by Crippen LogP contribution is 2.55. The molecule has 0 saturated heterocycles. The fourth-order valence-corrected chi connectivity index (χ4v) is 8.99. The molecule has 0 saturated carbocycles. The molecule has 4 heterocycles. The van der Waals surface area contributed by atoms with Gasteiger partial charge >= 0.3 is 0 Å². The maximum atomic E-state index is 4.21. The van der Waals surface area contributed by atoms with Gasteiger partial charge in [-0.2, -0.15) is 0 Å². The van der Waals surface area contributed by atoms with Crippen LogP contribution >= 0.6 is 11.3 Å². The molecule has 4 heteroatoms. The van der Waals surface area contributed by atoms with Crippen molar-refractivity contribution < 1.29 is 0 Å². The molecule has 1 aromatic heterocycles. The Kier molecular flexibility index (Phi) is 5.30. The lowest BCUT2D eigenvalue weighted by molar-refractivity contribution is 0.590. The van der Waals surface area contributed by atoms with Gasteiger partial charge in [-0.25, -0.2) is 0 Å². The summed E-state index contributed by atoms with van der Waals surface area (Å²) in [5.41, 5.74) is 15.8. The first-order valence-electron chi connectivity index (χ1n) is 15.6. The van der Waals surface area contributed by atoms with Gasteiger partial charge in [-0.1, -0.05) is 94.4 Å². The van der Waals surface area contributed by atoms with E-state index in [1.165, 1.54) is 82.2 Å². The predicted octanol–water partition coefficient (Wildman–Crippen LogP) is 9.55. The Balaban J connectivity index is 1.41. The number of rotatable bonds is 3. The second-order valence-corrected chi connectivity index (χ2v) is 14.6. The Labute approximate surface area is 264 Å². The molecule has 0 spiro atoms. The zero-order valence-corrected chi connectivity index (χ0v) is 26.4. The molecule has 0 bridgehead atoms. The summed E-state index contributed by atoms with van der Waals surface area (Å²) in [5.74, 6) is 0.216. The minimum absolute atomic E-state index is 0.0972. The molecule has 212 valence electrons. The van der Waals surface area contributed by atoms with Crippen molar-refractivity contribution in [3.05, 3.63) is 127 Å². The van der Waals surface area contributed by atoms with Gasteiger partial charge in [0, 0.05) is 43.2 Å². The van der Waals surface area contributed by atoms with Crippen LogP contribution < -0.4 is 25.5 Å². The van der Waals surface area contributed by atoms with E-state index in [0.29, 0.717) is 0 Å². The maximum absolute atomic E-state index is 4.21. The largest absolute Gasteiger partial charge is 0.311 e. The molecule has 44 heavy (non-hydrogen) atoms. The summed E-state index contributed by atoms with van der Waals surface area (Å²) in [6, 6.07) is 39.0. The number of para-hydroxylation sites is 2. The summed E-state index contributed by atoms with van der Waals surface area (Å²) in [4.78, 5) is 5.09. The number of thiophene rings is 1. The highest BCUT2D eigenvalue weighted by atomic mass is 32.1. The Hall–Kier alpha value is -4.54. The van der Waals surface area contributed by atoms with Gasteiger partial charge in [0.2, 0.25) is 0 Å². The maximum Gasteiger partial charge on any atom is 0.264 e. The summed E-state index contributed by atoms with van der Waals surface area (Å²) in [5, 5.41) is 1.39. The van der Waals surface area contributed by atoms with E-state index in [9.17, 15) is 0 Å². The molecule has 2 nitrogen and oxygen atoms in total. The van der Waals surface area contributed by atoms with E-state index in [1.54, 1.807) is 0 Å². The number of nitrogens with zero attached hydrogens (tertiary/aromatic N) is 2. The van der Waals surface area contributed by atoms with Gasteiger partial charge in [0.1, 0.15) is 0 Å². The van der Waals surface area contributed by atoms with Crippen LogP contribution in [0.2, 0.25) is 0 Å². The van der Waals surface area contributed by atoms with Gasteiger partial charge in [-0.05, 0) is 81.4 Å². The van der Waals surface area contributed by atoms with E-state index < -0.39 is 0 Å². The summed E-state index contributed by atoms with van der Waals surface area (Å²) < 4.78 is 2.80. The molecular weight excluding hydrogens is 551 g/mol. The van der Waals surface area contributed by atoms with Gasteiger partial charge in [-0.3, -0.25) is 0 Å². The molecule has 0 amide bonds. The number of hydrogen-bond acceptors (Lipinski definition) is 3. The van der Waals surface area contributed by atoms with Gasteiger partial charge in [-0.15, -0.1) is 17.9 Å². The van der Waals surface area contributed by atoms with Crippen LogP contribution in [0, 0.1) is 0 Å². The lowest BCUT2D eigenvalue weighted by Crippen LogP contribution is -2.60. The van der Waals surface area contributed by atoms with E-state index in [4.69, 9.17) is 0 Å². The van der Waals surface area contributed by atoms with Crippen LogP contribution in [0.25, 0.3) is 21.2 Å². The fraction of sp³-hybridized carbons (Fsp3) is 0.150. The lowest BCUT2D eigenvalue weighted by Gasteiger charge is -2.45. The summed E-state index contributed by atoms with van der Waals surface area (Å²) in [6.45, 7) is 13.5. The number of benzene rings is 5. The van der Waals surface area contributed by atoms with Crippen molar-refractivity contribution in [2.24, 2.45) is 0 Å². The molecule has 0 radical (unpaired) electrons.